The fourth-order valence-electron chi connectivity index (χ4n) is 5.24. The predicted octanol–water partition coefficient (Wildman–Crippen LogP) is 3.86. The number of nitrogens with zero attached hydrogens (tertiary/aromatic N) is 2. The summed E-state index contributed by atoms with van der Waals surface area (Å²) >= 11 is 0. The van der Waals surface area contributed by atoms with E-state index in [2.05, 4.69) is 22.4 Å². The van der Waals surface area contributed by atoms with Gasteiger partial charge in [-0.15, -0.1) is 0 Å². The molecule has 32 heavy (non-hydrogen) atoms. The highest BCUT2D eigenvalue weighted by atomic mass is 16.6. The first-order valence-corrected chi connectivity index (χ1v) is 11.8. The largest absolute Gasteiger partial charge is 0.486 e. The Morgan fingerprint density at radius 3 is 2.38 bits per heavy atom. The Balaban J connectivity index is 1.29. The first kappa shape index (κ1) is 21.1. The van der Waals surface area contributed by atoms with E-state index in [4.69, 9.17) is 9.47 Å². The van der Waals surface area contributed by atoms with E-state index in [1.54, 1.807) is 0 Å². The molecule has 0 bridgehead atoms. The molecule has 2 heterocycles. The van der Waals surface area contributed by atoms with E-state index in [9.17, 15) is 10.4 Å². The highest BCUT2D eigenvalue weighted by Crippen LogP contribution is 2.38. The fraction of sp³-hybridized carbons (Fsp3) is 0.500. The van der Waals surface area contributed by atoms with Crippen molar-refractivity contribution in [3.8, 4) is 28.7 Å². The van der Waals surface area contributed by atoms with Gasteiger partial charge in [-0.25, -0.2) is 0 Å². The maximum atomic E-state index is 10.1. The van der Waals surface area contributed by atoms with Crippen LogP contribution in [0.4, 0.5) is 5.69 Å². The molecule has 1 saturated heterocycles. The van der Waals surface area contributed by atoms with Gasteiger partial charge >= 0.3 is 0 Å². The fourth-order valence-corrected chi connectivity index (χ4v) is 5.24. The van der Waals surface area contributed by atoms with Crippen LogP contribution >= 0.6 is 0 Å². The normalized spacial score (nSPS) is 23.6. The number of hydrogen-bond donors (Lipinski definition) is 2. The molecule has 0 spiro atoms. The number of aliphatic hydroxyl groups is 1. The Bertz CT molecular complexity index is 986. The molecule has 1 saturated carbocycles. The molecular weight excluding hydrogens is 402 g/mol. The maximum absolute atomic E-state index is 10.1. The van der Waals surface area contributed by atoms with Gasteiger partial charge in [-0.2, -0.15) is 5.26 Å². The van der Waals surface area contributed by atoms with Crippen LogP contribution < -0.4 is 19.7 Å². The van der Waals surface area contributed by atoms with Crippen LogP contribution in [0.5, 0.6) is 11.5 Å². The van der Waals surface area contributed by atoms with Crippen molar-refractivity contribution in [3.05, 3.63) is 42.0 Å². The van der Waals surface area contributed by atoms with Gasteiger partial charge in [0.1, 0.15) is 19.3 Å². The van der Waals surface area contributed by atoms with Gasteiger partial charge in [-0.05, 0) is 62.3 Å². The number of nitrogens with one attached hydrogen (secondary N) is 1. The molecule has 3 aliphatic rings. The summed E-state index contributed by atoms with van der Waals surface area (Å²) in [6.07, 6.45) is 5.98. The third-order valence-electron chi connectivity index (χ3n) is 7.01. The van der Waals surface area contributed by atoms with Gasteiger partial charge in [0, 0.05) is 30.7 Å². The Morgan fingerprint density at radius 1 is 0.906 bits per heavy atom. The number of fused-ring (bicyclic) bond motifs is 1. The minimum Gasteiger partial charge on any atom is -0.486 e. The average Bonchev–Trinajstić information content (AvgIpc) is 2.85. The number of ether oxygens (including phenoxy) is 2. The van der Waals surface area contributed by atoms with Crippen molar-refractivity contribution >= 4 is 5.69 Å². The van der Waals surface area contributed by atoms with Crippen molar-refractivity contribution in [2.75, 3.05) is 31.2 Å². The Hall–Kier alpha value is -2.75. The first-order chi connectivity index (χ1) is 15.7. The van der Waals surface area contributed by atoms with Gasteiger partial charge in [0.15, 0.2) is 11.5 Å². The van der Waals surface area contributed by atoms with Crippen molar-refractivity contribution in [2.24, 2.45) is 0 Å². The van der Waals surface area contributed by atoms with E-state index in [1.807, 2.05) is 30.3 Å². The summed E-state index contributed by atoms with van der Waals surface area (Å²) in [5, 5.41) is 23.6. The molecule has 6 nitrogen and oxygen atoms in total. The van der Waals surface area contributed by atoms with Crippen molar-refractivity contribution < 1.29 is 14.6 Å². The molecule has 1 aliphatic carbocycles. The van der Waals surface area contributed by atoms with Crippen LogP contribution in [-0.4, -0.2) is 49.6 Å². The summed E-state index contributed by atoms with van der Waals surface area (Å²) in [7, 11) is 0. The summed E-state index contributed by atoms with van der Waals surface area (Å²) in [6, 6.07) is 15.5. The Labute approximate surface area is 189 Å². The standard InChI is InChI=1S/C26H31N3O3/c27-17-23-22(18-4-9-25-26(16-18)32-15-14-31-25)2-1-3-24(23)29-12-10-20(11-13-29)28-19-5-7-21(30)8-6-19/h1-4,9,16,19-21,28,30H,5-8,10-15H2. The summed E-state index contributed by atoms with van der Waals surface area (Å²) in [5.74, 6) is 1.50. The zero-order valence-electron chi connectivity index (χ0n) is 18.4. The summed E-state index contributed by atoms with van der Waals surface area (Å²) < 4.78 is 11.4. The minimum atomic E-state index is -0.110. The quantitative estimate of drug-likeness (QED) is 0.763. The SMILES string of the molecule is N#Cc1c(-c2ccc3c(c2)OCCO3)cccc1N1CCC(NC2CCC(O)CC2)CC1. The Kier molecular flexibility index (Phi) is 6.20. The third-order valence-corrected chi connectivity index (χ3v) is 7.01. The number of rotatable bonds is 4. The van der Waals surface area contributed by atoms with E-state index in [0.717, 1.165) is 85.5 Å². The molecule has 0 amide bonds. The molecule has 6 heteroatoms. The molecule has 0 aromatic heterocycles. The van der Waals surface area contributed by atoms with Crippen LogP contribution in [0.15, 0.2) is 36.4 Å². The second kappa shape index (κ2) is 9.40. The lowest BCUT2D eigenvalue weighted by molar-refractivity contribution is 0.113. The van der Waals surface area contributed by atoms with Crippen LogP contribution in [0.1, 0.15) is 44.1 Å². The first-order valence-electron chi connectivity index (χ1n) is 11.8. The van der Waals surface area contributed by atoms with E-state index in [-0.39, 0.29) is 6.10 Å². The molecule has 2 fully saturated rings. The van der Waals surface area contributed by atoms with Crippen molar-refractivity contribution in [1.82, 2.24) is 5.32 Å². The summed E-state index contributed by atoms with van der Waals surface area (Å²) in [6.45, 7) is 2.99. The molecule has 2 aliphatic heterocycles. The predicted molar refractivity (Wildman–Crippen MR) is 124 cm³/mol. The smallest absolute Gasteiger partial charge is 0.161 e. The summed E-state index contributed by atoms with van der Waals surface area (Å²) in [5.41, 5.74) is 3.64. The lowest BCUT2D eigenvalue weighted by atomic mass is 9.91. The van der Waals surface area contributed by atoms with E-state index >= 15 is 0 Å². The van der Waals surface area contributed by atoms with Crippen LogP contribution in [-0.2, 0) is 0 Å². The molecule has 168 valence electrons. The van der Waals surface area contributed by atoms with Gasteiger partial charge in [-0.3, -0.25) is 0 Å². The average molecular weight is 434 g/mol. The minimum absolute atomic E-state index is 0.110. The van der Waals surface area contributed by atoms with Crippen molar-refractivity contribution in [1.29, 1.82) is 5.26 Å². The second-order valence-electron chi connectivity index (χ2n) is 9.10. The molecule has 2 aromatic rings. The van der Waals surface area contributed by atoms with E-state index < -0.39 is 0 Å². The molecule has 2 aromatic carbocycles. The Morgan fingerprint density at radius 2 is 1.62 bits per heavy atom. The van der Waals surface area contributed by atoms with Crippen molar-refractivity contribution in [2.45, 2.75) is 56.7 Å². The van der Waals surface area contributed by atoms with E-state index in [1.165, 1.54) is 0 Å². The molecule has 0 atom stereocenters. The lowest BCUT2D eigenvalue weighted by Gasteiger charge is -2.37. The van der Waals surface area contributed by atoms with Crippen LogP contribution in [0.2, 0.25) is 0 Å². The maximum Gasteiger partial charge on any atom is 0.161 e. The number of hydrogen-bond acceptors (Lipinski definition) is 6. The highest BCUT2D eigenvalue weighted by molar-refractivity contribution is 5.79. The van der Waals surface area contributed by atoms with Gasteiger partial charge in [0.05, 0.1) is 17.4 Å². The number of aliphatic hydroxyl groups excluding tert-OH is 1. The van der Waals surface area contributed by atoms with E-state index in [0.29, 0.717) is 25.3 Å². The van der Waals surface area contributed by atoms with Crippen LogP contribution in [0.25, 0.3) is 11.1 Å². The van der Waals surface area contributed by atoms with Crippen molar-refractivity contribution in [3.63, 3.8) is 0 Å². The lowest BCUT2D eigenvalue weighted by Crippen LogP contribution is -2.47. The molecular formula is C26H31N3O3. The molecule has 0 unspecified atom stereocenters. The molecule has 2 N–H and O–H groups in total. The van der Waals surface area contributed by atoms with Gasteiger partial charge < -0.3 is 24.8 Å². The van der Waals surface area contributed by atoms with Gasteiger partial charge in [-0.1, -0.05) is 18.2 Å². The summed E-state index contributed by atoms with van der Waals surface area (Å²) in [4.78, 5) is 2.35. The third kappa shape index (κ3) is 4.41. The van der Waals surface area contributed by atoms with Crippen LogP contribution in [0.3, 0.4) is 0 Å². The van der Waals surface area contributed by atoms with Gasteiger partial charge in [0.25, 0.3) is 0 Å². The number of benzene rings is 2. The second-order valence-corrected chi connectivity index (χ2v) is 9.10. The zero-order valence-corrected chi connectivity index (χ0v) is 18.4. The number of piperidine rings is 1. The topological polar surface area (TPSA) is 77.8 Å². The van der Waals surface area contributed by atoms with Crippen LogP contribution in [0, 0.1) is 11.3 Å². The monoisotopic (exact) mass is 433 g/mol. The zero-order chi connectivity index (χ0) is 21.9. The number of anilines is 1. The number of nitriles is 1. The highest BCUT2D eigenvalue weighted by Gasteiger charge is 2.26. The van der Waals surface area contributed by atoms with Gasteiger partial charge in [0.2, 0.25) is 0 Å². The molecule has 0 radical (unpaired) electrons. The molecule has 5 rings (SSSR count).